The van der Waals surface area contributed by atoms with Gasteiger partial charge in [0.2, 0.25) is 0 Å². The number of rotatable bonds is 2. The highest BCUT2D eigenvalue weighted by Gasteiger charge is 2.57. The molecule has 0 bridgehead atoms. The van der Waals surface area contributed by atoms with E-state index in [1.54, 1.807) is 27.7 Å². The second kappa shape index (κ2) is 10.9. The Morgan fingerprint density at radius 1 is 1.29 bits per heavy atom. The maximum atomic E-state index is 13.2. The molecule has 2 aliphatic rings. The van der Waals surface area contributed by atoms with E-state index in [0.717, 1.165) is 16.3 Å². The first-order valence-electron chi connectivity index (χ1n) is 11.9. The molecule has 0 amide bonds. The number of halogens is 1. The average Bonchev–Trinajstić information content (AvgIpc) is 3.22. The van der Waals surface area contributed by atoms with E-state index in [0.29, 0.717) is 6.42 Å². The van der Waals surface area contributed by atoms with Crippen LogP contribution >= 0.6 is 22.9 Å². The first-order chi connectivity index (χ1) is 16.2. The molecule has 0 aromatic carbocycles. The number of cyclic esters (lactones) is 1. The van der Waals surface area contributed by atoms with Gasteiger partial charge in [-0.05, 0) is 25.5 Å². The van der Waals surface area contributed by atoms with Gasteiger partial charge in [-0.1, -0.05) is 39.3 Å². The lowest BCUT2D eigenvalue weighted by Crippen LogP contribution is -2.46. The van der Waals surface area contributed by atoms with Gasteiger partial charge >= 0.3 is 5.97 Å². The lowest BCUT2D eigenvalue weighted by molar-refractivity contribution is -0.154. The van der Waals surface area contributed by atoms with Crippen molar-refractivity contribution in [2.24, 2.45) is 17.3 Å². The molecule has 3 rings (SSSR count). The number of epoxide rings is 1. The highest BCUT2D eigenvalue weighted by Crippen LogP contribution is 2.45. The summed E-state index contributed by atoms with van der Waals surface area (Å²) in [4.78, 5) is 30.5. The van der Waals surface area contributed by atoms with Crippen molar-refractivity contribution in [3.05, 3.63) is 21.7 Å². The monoisotopic (exact) mass is 529 g/mol. The Hall–Kier alpha value is -1.36. The van der Waals surface area contributed by atoms with Crippen molar-refractivity contribution in [2.75, 3.05) is 13.2 Å². The zero-order valence-corrected chi connectivity index (χ0v) is 22.7. The summed E-state index contributed by atoms with van der Waals surface area (Å²) >= 11 is 8.09. The van der Waals surface area contributed by atoms with Gasteiger partial charge in [0, 0.05) is 23.6 Å². The number of fused-ring (bicyclic) bond motifs is 1. The molecule has 0 aliphatic carbocycles. The molecule has 0 saturated carbocycles. The largest absolute Gasteiger partial charge is 0.458 e. The smallest absolute Gasteiger partial charge is 0.309 e. The van der Waals surface area contributed by atoms with Crippen LogP contribution in [0.4, 0.5) is 0 Å². The van der Waals surface area contributed by atoms with Gasteiger partial charge in [-0.2, -0.15) is 0 Å². The molecule has 2 fully saturated rings. The Labute approximate surface area is 215 Å². The van der Waals surface area contributed by atoms with Crippen LogP contribution in [0, 0.1) is 24.2 Å². The van der Waals surface area contributed by atoms with Crippen molar-refractivity contribution in [3.63, 3.8) is 0 Å². The topological polar surface area (TPSA) is 118 Å². The van der Waals surface area contributed by atoms with E-state index in [1.807, 2.05) is 25.3 Å². The Morgan fingerprint density at radius 2 is 1.97 bits per heavy atom. The van der Waals surface area contributed by atoms with E-state index >= 15 is 0 Å². The predicted molar refractivity (Wildman–Crippen MR) is 133 cm³/mol. The highest BCUT2D eigenvalue weighted by atomic mass is 35.5. The number of carbonyl (C=O) groups excluding carboxylic acids is 2. The summed E-state index contributed by atoms with van der Waals surface area (Å²) in [5.74, 6) is -2.10. The molecule has 0 spiro atoms. The molecule has 7 atom stereocenters. The molecule has 196 valence electrons. The van der Waals surface area contributed by atoms with Gasteiger partial charge in [0.05, 0.1) is 48.0 Å². The Morgan fingerprint density at radius 3 is 2.60 bits per heavy atom. The Kier molecular flexibility index (Phi) is 8.82. The van der Waals surface area contributed by atoms with Crippen LogP contribution in [0.5, 0.6) is 0 Å². The number of hydrogen-bond donors (Lipinski definition) is 2. The molecule has 2 N–H and O–H groups in total. The molecule has 35 heavy (non-hydrogen) atoms. The number of alkyl halides is 1. The summed E-state index contributed by atoms with van der Waals surface area (Å²) in [6.45, 7) is 10.6. The van der Waals surface area contributed by atoms with Crippen LogP contribution in [0.25, 0.3) is 6.08 Å². The van der Waals surface area contributed by atoms with Crippen LogP contribution in [-0.4, -0.2) is 69.6 Å². The summed E-state index contributed by atoms with van der Waals surface area (Å²) < 4.78 is 17.2. The first-order valence-corrected chi connectivity index (χ1v) is 13.1. The fraction of sp³-hybridized carbons (Fsp3) is 0.720. The minimum atomic E-state index is -1.29. The second-order valence-corrected chi connectivity index (χ2v) is 12.1. The molecule has 0 radical (unpaired) electrons. The van der Waals surface area contributed by atoms with E-state index in [-0.39, 0.29) is 31.3 Å². The number of hydrogen-bond acceptors (Lipinski definition) is 9. The number of nitrogens with zero attached hydrogens (tertiary/aromatic N) is 1. The summed E-state index contributed by atoms with van der Waals surface area (Å²) in [6.07, 6.45) is -1.54. The third-order valence-corrected chi connectivity index (χ3v) is 8.23. The lowest BCUT2D eigenvalue weighted by Gasteiger charge is -2.34. The number of aliphatic hydroxyl groups excluding tert-OH is 2. The molecule has 8 nitrogen and oxygen atoms in total. The SMILES string of the molecule is C/C(=C\c1csc(C)n1)[C@H]1CC2OC2(Cl)COC[C@@H](C)[C@@H](O)[C@@H](C)C(=O)C(C)(C)[C@@H](O)CC(=O)O1. The number of esters is 1. The maximum Gasteiger partial charge on any atom is 0.309 e. The van der Waals surface area contributed by atoms with Gasteiger partial charge in [0.25, 0.3) is 0 Å². The van der Waals surface area contributed by atoms with E-state index in [1.165, 1.54) is 11.3 Å². The number of carbonyl (C=O) groups is 2. The predicted octanol–water partition coefficient (Wildman–Crippen LogP) is 3.50. The van der Waals surface area contributed by atoms with Crippen molar-refractivity contribution >= 4 is 40.8 Å². The van der Waals surface area contributed by atoms with Gasteiger partial charge in [-0.25, -0.2) is 4.98 Å². The minimum absolute atomic E-state index is 0.0948. The van der Waals surface area contributed by atoms with E-state index in [4.69, 9.17) is 25.8 Å². The van der Waals surface area contributed by atoms with Gasteiger partial charge in [0.15, 0.2) is 5.06 Å². The molecule has 3 heterocycles. The highest BCUT2D eigenvalue weighted by molar-refractivity contribution is 7.09. The molecule has 1 aromatic heterocycles. The van der Waals surface area contributed by atoms with Crippen molar-refractivity contribution in [3.8, 4) is 0 Å². The number of thiazole rings is 1. The lowest BCUT2D eigenvalue weighted by atomic mass is 9.73. The minimum Gasteiger partial charge on any atom is -0.458 e. The summed E-state index contributed by atoms with van der Waals surface area (Å²) in [7, 11) is 0. The van der Waals surface area contributed by atoms with Gasteiger partial charge in [-0.15, -0.1) is 11.3 Å². The number of ketones is 1. The van der Waals surface area contributed by atoms with Crippen molar-refractivity contribution in [2.45, 2.75) is 83.9 Å². The first kappa shape index (κ1) is 28.2. The molecule has 2 aliphatic heterocycles. The van der Waals surface area contributed by atoms with Crippen LogP contribution in [0.3, 0.4) is 0 Å². The fourth-order valence-electron chi connectivity index (χ4n) is 4.35. The number of ether oxygens (including phenoxy) is 3. The standard InChI is InChI=1S/C25H36ClNO7S/c1-13(7-17-11-35-16(4)27-17)18-8-20-25(26,34-20)12-32-10-14(2)22(30)15(3)23(31)24(5,6)19(28)9-21(29)33-18/h7,11,14-15,18-20,22,28,30H,8-10,12H2,1-6H3/b13-7+/t14-,15-,18-,19+,20?,22-,25?/m1/s1. The van der Waals surface area contributed by atoms with E-state index in [9.17, 15) is 19.8 Å². The number of aliphatic hydroxyl groups is 2. The molecule has 2 unspecified atom stereocenters. The third-order valence-electron chi connectivity index (χ3n) is 7.00. The summed E-state index contributed by atoms with van der Waals surface area (Å²) in [5, 5.41) is 23.3. The van der Waals surface area contributed by atoms with Crippen molar-refractivity contribution in [1.29, 1.82) is 0 Å². The van der Waals surface area contributed by atoms with Crippen molar-refractivity contribution in [1.82, 2.24) is 4.98 Å². The summed E-state index contributed by atoms with van der Waals surface area (Å²) in [5.41, 5.74) is 0.259. The molecule has 10 heteroatoms. The van der Waals surface area contributed by atoms with Crippen LogP contribution in [0.15, 0.2) is 11.0 Å². The fourth-order valence-corrected chi connectivity index (χ4v) is 5.19. The summed E-state index contributed by atoms with van der Waals surface area (Å²) in [6, 6.07) is 0. The second-order valence-electron chi connectivity index (χ2n) is 10.4. The number of Topliss-reactive ketones (excluding diaryl/α,β-unsaturated/α-hetero) is 1. The zero-order valence-electron chi connectivity index (χ0n) is 21.1. The number of aromatic nitrogens is 1. The van der Waals surface area contributed by atoms with E-state index < -0.39 is 46.8 Å². The van der Waals surface area contributed by atoms with Gasteiger partial charge in [-0.3, -0.25) is 9.59 Å². The Balaban J connectivity index is 1.85. The van der Waals surface area contributed by atoms with Crippen LogP contribution in [0.1, 0.15) is 58.2 Å². The van der Waals surface area contributed by atoms with Crippen molar-refractivity contribution < 1.29 is 34.0 Å². The molecular formula is C25H36ClNO7S. The van der Waals surface area contributed by atoms with E-state index in [2.05, 4.69) is 4.98 Å². The zero-order chi connectivity index (χ0) is 26.1. The quantitative estimate of drug-likeness (QED) is 0.339. The normalized spacial score (nSPS) is 37.5. The van der Waals surface area contributed by atoms with Crippen LogP contribution in [0.2, 0.25) is 0 Å². The van der Waals surface area contributed by atoms with Gasteiger partial charge in [0.1, 0.15) is 18.0 Å². The molecular weight excluding hydrogens is 494 g/mol. The van der Waals surface area contributed by atoms with Crippen LogP contribution in [-0.2, 0) is 23.8 Å². The maximum absolute atomic E-state index is 13.2. The molecule has 2 saturated heterocycles. The third kappa shape index (κ3) is 6.70. The van der Waals surface area contributed by atoms with Crippen LogP contribution < -0.4 is 0 Å². The molecule has 1 aromatic rings. The Bertz CT molecular complexity index is 963. The van der Waals surface area contributed by atoms with Gasteiger partial charge < -0.3 is 24.4 Å². The number of aryl methyl sites for hydroxylation is 1. The average molecular weight is 530 g/mol.